The van der Waals surface area contributed by atoms with Crippen LogP contribution in [0.2, 0.25) is 0 Å². The predicted molar refractivity (Wildman–Crippen MR) is 124 cm³/mol. The molecule has 0 bridgehead atoms. The molecule has 2 rings (SSSR count). The Morgan fingerprint density at radius 3 is 2.53 bits per heavy atom. The summed E-state index contributed by atoms with van der Waals surface area (Å²) in [6, 6.07) is 0.0259. The third-order valence-electron chi connectivity index (χ3n) is 6.08. The summed E-state index contributed by atoms with van der Waals surface area (Å²) in [5.41, 5.74) is 2.37. The van der Waals surface area contributed by atoms with Crippen LogP contribution in [0.1, 0.15) is 76.8 Å². The molecular formula is C24H35NO6S. The van der Waals surface area contributed by atoms with E-state index in [1.165, 1.54) is 13.0 Å². The molecule has 8 heteroatoms. The van der Waals surface area contributed by atoms with Gasteiger partial charge >= 0.3 is 5.97 Å². The van der Waals surface area contributed by atoms with E-state index in [9.17, 15) is 28.5 Å². The van der Waals surface area contributed by atoms with Gasteiger partial charge < -0.3 is 15.3 Å². The minimum Gasteiger partial charge on any atom is -0.507 e. The number of allylic oxidation sites excluding steroid dienone is 3. The number of aromatic hydroxyl groups is 2. The van der Waals surface area contributed by atoms with Crippen molar-refractivity contribution in [3.63, 3.8) is 0 Å². The van der Waals surface area contributed by atoms with Crippen molar-refractivity contribution in [3.8, 4) is 11.5 Å². The van der Waals surface area contributed by atoms with E-state index in [1.807, 2.05) is 26.8 Å². The van der Waals surface area contributed by atoms with Crippen LogP contribution in [0.25, 0.3) is 0 Å². The Balaban J connectivity index is 2.73. The van der Waals surface area contributed by atoms with Gasteiger partial charge in [-0.1, -0.05) is 43.6 Å². The van der Waals surface area contributed by atoms with Crippen LogP contribution in [-0.2, 0) is 21.2 Å². The van der Waals surface area contributed by atoms with Crippen molar-refractivity contribution in [2.75, 3.05) is 0 Å². The van der Waals surface area contributed by atoms with Gasteiger partial charge in [-0.15, -0.1) is 0 Å². The average molecular weight is 466 g/mol. The smallest absolute Gasteiger partial charge is 0.321 e. The molecule has 0 radical (unpaired) electrons. The van der Waals surface area contributed by atoms with Crippen molar-refractivity contribution < 1.29 is 28.5 Å². The summed E-state index contributed by atoms with van der Waals surface area (Å²) in [4.78, 5) is 10.9. The van der Waals surface area contributed by atoms with E-state index < -0.39 is 33.7 Å². The van der Waals surface area contributed by atoms with Gasteiger partial charge in [0.1, 0.15) is 22.4 Å². The number of phenols is 2. The first kappa shape index (κ1) is 25.9. The third-order valence-corrected chi connectivity index (χ3v) is 7.74. The molecule has 1 aliphatic rings. The van der Waals surface area contributed by atoms with E-state index in [0.29, 0.717) is 12.8 Å². The Bertz CT molecular complexity index is 1010. The number of sulfonamides is 1. The normalized spacial score (nSPS) is 19.9. The fourth-order valence-electron chi connectivity index (χ4n) is 4.33. The molecule has 0 saturated carbocycles. The molecule has 0 fully saturated rings. The second kappa shape index (κ2) is 10.5. The molecule has 32 heavy (non-hydrogen) atoms. The van der Waals surface area contributed by atoms with Crippen LogP contribution in [0, 0.1) is 5.92 Å². The first-order valence-corrected chi connectivity index (χ1v) is 12.5. The average Bonchev–Trinajstić information content (AvgIpc) is 2.67. The molecule has 0 aliphatic heterocycles. The molecule has 3 unspecified atom stereocenters. The van der Waals surface area contributed by atoms with Gasteiger partial charge in [-0.2, -0.15) is 4.72 Å². The van der Waals surface area contributed by atoms with Crippen LogP contribution in [-0.4, -0.2) is 35.7 Å². The number of aliphatic carboxylic acids is 1. The molecule has 0 heterocycles. The topological polar surface area (TPSA) is 124 Å². The monoisotopic (exact) mass is 465 g/mol. The van der Waals surface area contributed by atoms with Crippen molar-refractivity contribution >= 4 is 16.0 Å². The largest absolute Gasteiger partial charge is 0.507 e. The maximum Gasteiger partial charge on any atom is 0.321 e. The summed E-state index contributed by atoms with van der Waals surface area (Å²) in [6.07, 6.45) is 6.34. The van der Waals surface area contributed by atoms with Gasteiger partial charge in [0.15, 0.2) is 0 Å². The molecule has 0 aromatic heterocycles. The van der Waals surface area contributed by atoms with Crippen molar-refractivity contribution in [3.05, 3.63) is 41.0 Å². The lowest BCUT2D eigenvalue weighted by Gasteiger charge is -2.32. The fraction of sp³-hybridized carbons (Fsp3) is 0.542. The maximum absolute atomic E-state index is 13.2. The number of carboxylic acids is 1. The van der Waals surface area contributed by atoms with Crippen LogP contribution >= 0.6 is 0 Å². The Labute approximate surface area is 190 Å². The number of benzene rings is 1. The predicted octanol–water partition coefficient (Wildman–Crippen LogP) is 4.60. The molecular weight excluding hydrogens is 430 g/mol. The van der Waals surface area contributed by atoms with E-state index in [4.69, 9.17) is 0 Å². The molecule has 1 aliphatic carbocycles. The van der Waals surface area contributed by atoms with Gasteiger partial charge in [-0.05, 0) is 64.0 Å². The van der Waals surface area contributed by atoms with E-state index in [-0.39, 0.29) is 27.7 Å². The molecule has 0 saturated heterocycles. The zero-order valence-corrected chi connectivity index (χ0v) is 20.1. The molecule has 178 valence electrons. The number of hydrogen-bond acceptors (Lipinski definition) is 5. The number of unbranched alkanes of at least 4 members (excludes halogenated alkanes) is 2. The van der Waals surface area contributed by atoms with E-state index in [2.05, 4.69) is 11.3 Å². The number of hydrogen-bond donors (Lipinski definition) is 4. The Morgan fingerprint density at radius 2 is 1.97 bits per heavy atom. The van der Waals surface area contributed by atoms with Crippen molar-refractivity contribution in [1.29, 1.82) is 0 Å². The molecule has 4 N–H and O–H groups in total. The van der Waals surface area contributed by atoms with Crippen molar-refractivity contribution in [2.45, 2.75) is 83.1 Å². The number of nitrogens with one attached hydrogen (secondary N) is 1. The zero-order chi connectivity index (χ0) is 24.2. The van der Waals surface area contributed by atoms with Crippen LogP contribution in [0.4, 0.5) is 0 Å². The highest BCUT2D eigenvalue weighted by molar-refractivity contribution is 7.89. The third kappa shape index (κ3) is 5.72. The second-order valence-electron chi connectivity index (χ2n) is 8.81. The van der Waals surface area contributed by atoms with Crippen molar-refractivity contribution in [2.24, 2.45) is 5.92 Å². The summed E-state index contributed by atoms with van der Waals surface area (Å²) in [5.74, 6) is -2.52. The van der Waals surface area contributed by atoms with Crippen molar-refractivity contribution in [1.82, 2.24) is 4.72 Å². The number of phenolic OH excluding ortho intramolecular Hbond substituents is 2. The Kier molecular flexibility index (Phi) is 8.54. The highest BCUT2D eigenvalue weighted by Gasteiger charge is 2.35. The SMILES string of the molecule is C=C(C)C1CCC(C)=CC1c1c(O)cc(CCCCC)c(S(=O)(=O)NC(C)C(=O)O)c1O. The lowest BCUT2D eigenvalue weighted by atomic mass is 9.73. The van der Waals surface area contributed by atoms with E-state index >= 15 is 0 Å². The highest BCUT2D eigenvalue weighted by Crippen LogP contribution is 2.49. The number of carbonyl (C=O) groups is 1. The minimum atomic E-state index is -4.37. The van der Waals surface area contributed by atoms with Gasteiger partial charge in [0.25, 0.3) is 0 Å². The second-order valence-corrected chi connectivity index (χ2v) is 10.5. The summed E-state index contributed by atoms with van der Waals surface area (Å²) in [6.45, 7) is 11.1. The minimum absolute atomic E-state index is 0.0668. The van der Waals surface area contributed by atoms with E-state index in [1.54, 1.807) is 0 Å². The zero-order valence-electron chi connectivity index (χ0n) is 19.3. The van der Waals surface area contributed by atoms with Crippen LogP contribution < -0.4 is 4.72 Å². The molecule has 3 atom stereocenters. The van der Waals surface area contributed by atoms with Crippen LogP contribution in [0.3, 0.4) is 0 Å². The van der Waals surface area contributed by atoms with E-state index in [0.717, 1.165) is 36.8 Å². The lowest BCUT2D eigenvalue weighted by Crippen LogP contribution is -2.38. The van der Waals surface area contributed by atoms with Gasteiger partial charge in [-0.25, -0.2) is 8.42 Å². The molecule has 1 aromatic rings. The van der Waals surface area contributed by atoms with Crippen LogP contribution in [0.15, 0.2) is 34.8 Å². The lowest BCUT2D eigenvalue weighted by molar-refractivity contribution is -0.138. The molecule has 7 nitrogen and oxygen atoms in total. The first-order chi connectivity index (χ1) is 14.9. The number of rotatable bonds is 10. The summed E-state index contributed by atoms with van der Waals surface area (Å²) < 4.78 is 28.5. The molecule has 0 spiro atoms. The molecule has 1 aromatic carbocycles. The Hall–Kier alpha value is -2.32. The first-order valence-electron chi connectivity index (χ1n) is 11.1. The standard InChI is InChI=1S/C24H35NO6S/c1-6-7-8-9-17-13-20(26)21(19-12-15(4)10-11-18(19)14(2)3)22(27)23(17)32(30,31)25-16(5)24(28)29/h12-13,16,18-19,25-27H,2,6-11H2,1,3-5H3,(H,28,29). The fourth-order valence-corrected chi connectivity index (χ4v) is 5.89. The van der Waals surface area contributed by atoms with Gasteiger partial charge in [0.2, 0.25) is 10.0 Å². The highest BCUT2D eigenvalue weighted by atomic mass is 32.2. The van der Waals surface area contributed by atoms with Crippen LogP contribution in [0.5, 0.6) is 11.5 Å². The number of aryl methyl sites for hydroxylation is 1. The van der Waals surface area contributed by atoms with Gasteiger partial charge in [-0.3, -0.25) is 4.79 Å². The molecule has 0 amide bonds. The summed E-state index contributed by atoms with van der Waals surface area (Å²) in [7, 11) is -4.37. The summed E-state index contributed by atoms with van der Waals surface area (Å²) in [5, 5.41) is 31.3. The quantitative estimate of drug-likeness (QED) is 0.296. The van der Waals surface area contributed by atoms with Gasteiger partial charge in [0, 0.05) is 11.5 Å². The Morgan fingerprint density at radius 1 is 1.31 bits per heavy atom. The van der Waals surface area contributed by atoms with Gasteiger partial charge in [0.05, 0.1) is 0 Å². The summed E-state index contributed by atoms with van der Waals surface area (Å²) >= 11 is 0. The maximum atomic E-state index is 13.2. The number of carboxylic acid groups (broad SMARTS) is 1.